The van der Waals surface area contributed by atoms with Crippen molar-refractivity contribution in [3.8, 4) is 11.1 Å². The van der Waals surface area contributed by atoms with Crippen LogP contribution in [-0.4, -0.2) is 25.7 Å². The Bertz CT molecular complexity index is 1320. The van der Waals surface area contributed by atoms with E-state index in [4.69, 9.17) is 22.9 Å². The van der Waals surface area contributed by atoms with Gasteiger partial charge in [0.15, 0.2) is 5.11 Å². The zero-order valence-corrected chi connectivity index (χ0v) is 20.5. The number of nitrogens with two attached hydrogens (primary N) is 1. The normalized spacial score (nSPS) is 10.6. The molecule has 4 aromatic rings. The van der Waals surface area contributed by atoms with Gasteiger partial charge in [-0.3, -0.25) is 0 Å². The molecule has 34 heavy (non-hydrogen) atoms. The highest BCUT2D eigenvalue weighted by atomic mass is 35.5. The molecule has 0 atom stereocenters. The van der Waals surface area contributed by atoms with Gasteiger partial charge in [-0.05, 0) is 59.6 Å². The maximum Gasteiger partial charge on any atom is 0.336 e. The summed E-state index contributed by atoms with van der Waals surface area (Å²) in [4.78, 5) is 16.5. The third-order valence-electron chi connectivity index (χ3n) is 5.61. The lowest BCUT2D eigenvalue weighted by Gasteiger charge is -2.11. The van der Waals surface area contributed by atoms with Gasteiger partial charge in [0.1, 0.15) is 5.82 Å². The first kappa shape index (κ1) is 25.2. The highest BCUT2D eigenvalue weighted by Crippen LogP contribution is 2.26. The molecule has 6 nitrogen and oxygen atoms in total. The minimum Gasteiger partial charge on any atom is -0.478 e. The summed E-state index contributed by atoms with van der Waals surface area (Å²) in [6.07, 6.45) is 3.05. The van der Waals surface area contributed by atoms with Crippen LogP contribution >= 0.6 is 24.6 Å². The van der Waals surface area contributed by atoms with Gasteiger partial charge < -0.3 is 20.7 Å². The van der Waals surface area contributed by atoms with Crippen LogP contribution in [0.3, 0.4) is 0 Å². The van der Waals surface area contributed by atoms with Gasteiger partial charge in [0.05, 0.1) is 16.6 Å². The van der Waals surface area contributed by atoms with Crippen LogP contribution in [0.25, 0.3) is 22.2 Å². The van der Waals surface area contributed by atoms with Crippen LogP contribution in [0.1, 0.15) is 41.5 Å². The zero-order valence-electron chi connectivity index (χ0n) is 18.8. The Hall–Kier alpha value is -3.42. The van der Waals surface area contributed by atoms with Crippen LogP contribution in [0.15, 0.2) is 66.7 Å². The van der Waals surface area contributed by atoms with Crippen molar-refractivity contribution in [1.29, 1.82) is 0 Å². The maximum atomic E-state index is 11.6. The van der Waals surface area contributed by atoms with E-state index in [0.717, 1.165) is 52.9 Å². The van der Waals surface area contributed by atoms with Crippen LogP contribution in [0, 0.1) is 0 Å². The van der Waals surface area contributed by atoms with E-state index in [1.807, 2.05) is 54.6 Å². The number of nitrogens with zero attached hydrogens (tertiary/aromatic N) is 2. The number of hydrogen-bond donors (Lipinski definition) is 3. The Labute approximate surface area is 210 Å². The number of unbranched alkanes of at least 4 members (excludes halogenated alkanes) is 1. The number of hydrogen-bond acceptors (Lipinski definition) is 3. The number of carboxylic acids is 1. The van der Waals surface area contributed by atoms with Crippen molar-refractivity contribution in [3.05, 3.63) is 83.7 Å². The van der Waals surface area contributed by atoms with Gasteiger partial charge in [-0.25, -0.2) is 9.78 Å². The second-order valence-electron chi connectivity index (χ2n) is 7.96. The quantitative estimate of drug-likeness (QED) is 0.265. The van der Waals surface area contributed by atoms with Gasteiger partial charge in [-0.2, -0.15) is 0 Å². The SMILES string of the molecule is CCCCc1nc2cc(NC(N)=S)ccc2n1Cc1ccc(-c2ccccc2C(=O)O)cc1.Cl. The lowest BCUT2D eigenvalue weighted by Crippen LogP contribution is -2.18. The van der Waals surface area contributed by atoms with Crippen LogP contribution in [-0.2, 0) is 13.0 Å². The van der Waals surface area contributed by atoms with Crippen molar-refractivity contribution in [2.75, 3.05) is 5.32 Å². The number of aryl methyl sites for hydroxylation is 1. The first-order valence-electron chi connectivity index (χ1n) is 10.9. The summed E-state index contributed by atoms with van der Waals surface area (Å²) in [5.41, 5.74) is 11.4. The van der Waals surface area contributed by atoms with E-state index in [1.54, 1.807) is 12.1 Å². The molecule has 0 unspecified atom stereocenters. The molecule has 3 aromatic carbocycles. The fourth-order valence-electron chi connectivity index (χ4n) is 4.00. The minimum atomic E-state index is -0.926. The fraction of sp³-hybridized carbons (Fsp3) is 0.192. The van der Waals surface area contributed by atoms with Gasteiger partial charge in [0.2, 0.25) is 0 Å². The number of nitrogens with one attached hydrogen (secondary N) is 1. The number of rotatable bonds is 8. The summed E-state index contributed by atoms with van der Waals surface area (Å²) in [5, 5.41) is 12.7. The molecular formula is C26H27ClN4O2S. The van der Waals surface area contributed by atoms with Crippen LogP contribution in [0.2, 0.25) is 0 Å². The van der Waals surface area contributed by atoms with Crippen molar-refractivity contribution < 1.29 is 9.90 Å². The van der Waals surface area contributed by atoms with Gasteiger partial charge in [0, 0.05) is 18.7 Å². The Kier molecular flexibility index (Phi) is 8.26. The third kappa shape index (κ3) is 5.55. The largest absolute Gasteiger partial charge is 0.478 e. The molecule has 4 N–H and O–H groups in total. The summed E-state index contributed by atoms with van der Waals surface area (Å²) in [6, 6.07) is 21.1. The highest BCUT2D eigenvalue weighted by molar-refractivity contribution is 7.80. The van der Waals surface area contributed by atoms with E-state index in [0.29, 0.717) is 17.7 Å². The summed E-state index contributed by atoms with van der Waals surface area (Å²) < 4.78 is 2.25. The van der Waals surface area contributed by atoms with Crippen molar-refractivity contribution in [3.63, 3.8) is 0 Å². The molecule has 0 saturated carbocycles. The molecule has 8 heteroatoms. The van der Waals surface area contributed by atoms with E-state index in [1.165, 1.54) is 0 Å². The number of fused-ring (bicyclic) bond motifs is 1. The van der Waals surface area contributed by atoms with Crippen molar-refractivity contribution in [2.24, 2.45) is 5.73 Å². The molecule has 0 spiro atoms. The van der Waals surface area contributed by atoms with E-state index >= 15 is 0 Å². The standard InChI is InChI=1S/C26H26N4O2S.ClH/c1-2-3-8-24-29-22-15-19(28-26(27)33)13-14-23(22)30(24)16-17-9-11-18(12-10-17)20-6-4-5-7-21(20)25(31)32;/h4-7,9-15H,2-3,8,16H2,1H3,(H,31,32)(H3,27,28,33);1H. The van der Waals surface area contributed by atoms with Crippen LogP contribution < -0.4 is 11.1 Å². The summed E-state index contributed by atoms with van der Waals surface area (Å²) in [6.45, 7) is 2.85. The maximum absolute atomic E-state index is 11.6. The van der Waals surface area contributed by atoms with Gasteiger partial charge in [-0.15, -0.1) is 12.4 Å². The van der Waals surface area contributed by atoms with E-state index < -0.39 is 5.97 Å². The predicted molar refractivity (Wildman–Crippen MR) is 144 cm³/mol. The number of aromatic nitrogens is 2. The average molecular weight is 495 g/mol. The molecular weight excluding hydrogens is 468 g/mol. The molecule has 0 radical (unpaired) electrons. The van der Waals surface area contributed by atoms with E-state index in [9.17, 15) is 9.90 Å². The molecule has 4 rings (SSSR count). The molecule has 0 aliphatic rings. The van der Waals surface area contributed by atoms with Gasteiger partial charge >= 0.3 is 5.97 Å². The lowest BCUT2D eigenvalue weighted by atomic mass is 9.99. The van der Waals surface area contributed by atoms with Gasteiger partial charge in [-0.1, -0.05) is 55.8 Å². The highest BCUT2D eigenvalue weighted by Gasteiger charge is 2.13. The second-order valence-corrected chi connectivity index (χ2v) is 8.40. The first-order chi connectivity index (χ1) is 16.0. The summed E-state index contributed by atoms with van der Waals surface area (Å²) in [7, 11) is 0. The number of aromatic carboxylic acids is 1. The van der Waals surface area contributed by atoms with Crippen LogP contribution in [0.5, 0.6) is 0 Å². The summed E-state index contributed by atoms with van der Waals surface area (Å²) >= 11 is 4.95. The predicted octanol–water partition coefficient (Wildman–Crippen LogP) is 5.87. The Morgan fingerprint density at radius 3 is 2.53 bits per heavy atom. The molecule has 0 saturated heterocycles. The Balaban J connectivity index is 0.00000324. The number of carbonyl (C=O) groups is 1. The average Bonchev–Trinajstić information content (AvgIpc) is 3.14. The molecule has 0 fully saturated rings. The zero-order chi connectivity index (χ0) is 23.4. The first-order valence-corrected chi connectivity index (χ1v) is 11.3. The van der Waals surface area contributed by atoms with Gasteiger partial charge in [0.25, 0.3) is 0 Å². The minimum absolute atomic E-state index is 0. The number of halogens is 1. The molecule has 1 aromatic heterocycles. The Morgan fingerprint density at radius 2 is 1.85 bits per heavy atom. The van der Waals surface area contributed by atoms with Crippen molar-refractivity contribution >= 4 is 52.4 Å². The fourth-order valence-corrected chi connectivity index (χ4v) is 4.11. The van der Waals surface area contributed by atoms with Crippen LogP contribution in [0.4, 0.5) is 5.69 Å². The molecule has 0 bridgehead atoms. The number of thiocarbonyl (C=S) groups is 1. The van der Waals surface area contributed by atoms with E-state index in [-0.39, 0.29) is 17.5 Å². The van der Waals surface area contributed by atoms with Crippen molar-refractivity contribution in [1.82, 2.24) is 9.55 Å². The number of anilines is 1. The summed E-state index contributed by atoms with van der Waals surface area (Å²) in [5.74, 6) is 0.115. The molecule has 176 valence electrons. The number of carboxylic acid groups (broad SMARTS) is 1. The monoisotopic (exact) mass is 494 g/mol. The molecule has 0 aliphatic heterocycles. The molecule has 1 heterocycles. The number of imidazole rings is 1. The number of benzene rings is 3. The van der Waals surface area contributed by atoms with Crippen molar-refractivity contribution in [2.45, 2.75) is 32.7 Å². The lowest BCUT2D eigenvalue weighted by molar-refractivity contribution is 0.0697. The Morgan fingerprint density at radius 1 is 1.12 bits per heavy atom. The second kappa shape index (κ2) is 11.1. The smallest absolute Gasteiger partial charge is 0.336 e. The topological polar surface area (TPSA) is 93.2 Å². The molecule has 0 amide bonds. The van der Waals surface area contributed by atoms with E-state index in [2.05, 4.69) is 16.8 Å². The third-order valence-corrected chi connectivity index (χ3v) is 5.71. The molecule has 0 aliphatic carbocycles.